The molecule has 0 aliphatic carbocycles. The summed E-state index contributed by atoms with van der Waals surface area (Å²) in [5.74, 6) is 0.0917. The van der Waals surface area contributed by atoms with Crippen molar-refractivity contribution >= 4 is 24.6 Å². The fraction of sp³-hybridized carbons (Fsp3) is 0.188. The van der Waals surface area contributed by atoms with Gasteiger partial charge in [0, 0.05) is 11.1 Å². The first-order valence-corrected chi connectivity index (χ1v) is 5.68. The van der Waals surface area contributed by atoms with E-state index in [1.807, 2.05) is 20.8 Å². The molecule has 2 heteroatoms. The molecule has 1 radical (unpaired) electrons. The van der Waals surface area contributed by atoms with Crippen molar-refractivity contribution in [1.82, 2.24) is 0 Å². The van der Waals surface area contributed by atoms with Crippen LogP contribution in [0.1, 0.15) is 32.6 Å². The quantitative estimate of drug-likeness (QED) is 0.573. The van der Waals surface area contributed by atoms with Crippen molar-refractivity contribution in [3.8, 4) is 0 Å². The van der Waals surface area contributed by atoms with Gasteiger partial charge in [0.15, 0.2) is 5.78 Å². The minimum atomic E-state index is 0. The fourth-order valence-electron chi connectivity index (χ4n) is 2.22. The number of carbonyl (C=O) groups excluding carboxylic acids is 1. The van der Waals surface area contributed by atoms with Crippen molar-refractivity contribution in [2.24, 2.45) is 0 Å². The fourth-order valence-corrected chi connectivity index (χ4v) is 2.22. The van der Waals surface area contributed by atoms with Crippen LogP contribution in [0.25, 0.3) is 0 Å². The van der Waals surface area contributed by atoms with Crippen LogP contribution in [0.4, 0.5) is 0 Å². The zero-order valence-electron chi connectivity index (χ0n) is 10.4. The van der Waals surface area contributed by atoms with Crippen molar-refractivity contribution < 1.29 is 4.79 Å². The first-order valence-electron chi connectivity index (χ1n) is 5.68. The van der Waals surface area contributed by atoms with E-state index in [1.165, 1.54) is 5.56 Å². The van der Waals surface area contributed by atoms with E-state index >= 15 is 0 Å². The second-order valence-corrected chi connectivity index (χ2v) is 4.39. The summed E-state index contributed by atoms with van der Waals surface area (Å²) in [4.78, 5) is 12.4. The van der Waals surface area contributed by atoms with E-state index in [9.17, 15) is 4.79 Å². The standard InChI is InChI=1S/C16H15O.Li.H/c1-11-9-12(2)15(13(3)10-11)16(17)14-7-5-4-6-8-14;;/h5-10H,1-3H3;;. The van der Waals surface area contributed by atoms with Gasteiger partial charge in [0.2, 0.25) is 0 Å². The van der Waals surface area contributed by atoms with E-state index in [4.69, 9.17) is 0 Å². The molecule has 0 aliphatic rings. The molecule has 0 aromatic heterocycles. The molecule has 0 aliphatic heterocycles. The Morgan fingerprint density at radius 3 is 2.00 bits per heavy atom. The van der Waals surface area contributed by atoms with Crippen molar-refractivity contribution in [3.63, 3.8) is 0 Å². The van der Waals surface area contributed by atoms with Gasteiger partial charge in [-0.15, -0.1) is 0 Å². The van der Waals surface area contributed by atoms with Crippen LogP contribution < -0.4 is 0 Å². The van der Waals surface area contributed by atoms with Crippen LogP contribution >= 0.6 is 0 Å². The third-order valence-corrected chi connectivity index (χ3v) is 2.88. The van der Waals surface area contributed by atoms with Gasteiger partial charge >= 0.3 is 18.9 Å². The van der Waals surface area contributed by atoms with E-state index in [2.05, 4.69) is 18.2 Å². The normalized spacial score (nSPS) is 9.72. The number of benzene rings is 2. The van der Waals surface area contributed by atoms with Gasteiger partial charge in [-0.1, -0.05) is 42.0 Å². The molecule has 0 atom stereocenters. The van der Waals surface area contributed by atoms with E-state index in [-0.39, 0.29) is 24.6 Å². The van der Waals surface area contributed by atoms with E-state index in [0.29, 0.717) is 0 Å². The van der Waals surface area contributed by atoms with E-state index in [0.717, 1.165) is 22.3 Å². The second-order valence-electron chi connectivity index (χ2n) is 4.39. The van der Waals surface area contributed by atoms with Gasteiger partial charge in [-0.25, -0.2) is 0 Å². The molecule has 2 aromatic rings. The Bertz CT molecular complexity index is 536. The molecule has 18 heavy (non-hydrogen) atoms. The topological polar surface area (TPSA) is 17.1 Å². The summed E-state index contributed by atoms with van der Waals surface area (Å²) in [6, 6.07) is 14.2. The molecule has 0 spiro atoms. The number of hydrogen-bond acceptors (Lipinski definition) is 1. The van der Waals surface area contributed by atoms with Crippen molar-refractivity contribution in [2.45, 2.75) is 20.8 Å². The number of ketones is 1. The molecule has 1 nitrogen and oxygen atoms in total. The third-order valence-electron chi connectivity index (χ3n) is 2.88. The molecule has 0 amide bonds. The maximum atomic E-state index is 12.4. The number of rotatable bonds is 2. The third kappa shape index (κ3) is 2.93. The van der Waals surface area contributed by atoms with E-state index in [1.54, 1.807) is 24.3 Å². The van der Waals surface area contributed by atoms with Crippen LogP contribution in [0.2, 0.25) is 0 Å². The molecule has 0 N–H and O–H groups in total. The van der Waals surface area contributed by atoms with Crippen LogP contribution in [0, 0.1) is 26.8 Å². The number of aryl methyl sites for hydroxylation is 3. The molecular weight excluding hydrogens is 215 g/mol. The summed E-state index contributed by atoms with van der Waals surface area (Å²) in [5.41, 5.74) is 4.82. The average Bonchev–Trinajstić information content (AvgIpc) is 2.28. The van der Waals surface area contributed by atoms with E-state index < -0.39 is 0 Å². The van der Waals surface area contributed by atoms with Gasteiger partial charge in [0.25, 0.3) is 0 Å². The Labute approximate surface area is 120 Å². The summed E-state index contributed by atoms with van der Waals surface area (Å²) < 4.78 is 0. The number of carbonyl (C=O) groups is 1. The van der Waals surface area contributed by atoms with Crippen molar-refractivity contribution in [1.29, 1.82) is 0 Å². The van der Waals surface area contributed by atoms with Crippen LogP contribution in [0.15, 0.2) is 36.4 Å². The van der Waals surface area contributed by atoms with Gasteiger partial charge in [-0.2, -0.15) is 0 Å². The maximum absolute atomic E-state index is 12.4. The first kappa shape index (κ1) is 14.8. The van der Waals surface area contributed by atoms with Gasteiger partial charge in [-0.3, -0.25) is 4.79 Å². The van der Waals surface area contributed by atoms with Crippen molar-refractivity contribution in [3.05, 3.63) is 70.3 Å². The Kier molecular flexibility index (Phi) is 4.96. The molecule has 2 aromatic carbocycles. The average molecular weight is 231 g/mol. The monoisotopic (exact) mass is 231 g/mol. The van der Waals surface area contributed by atoms with Crippen LogP contribution in [0.3, 0.4) is 0 Å². The van der Waals surface area contributed by atoms with Gasteiger partial charge in [0.05, 0.1) is 0 Å². The van der Waals surface area contributed by atoms with Crippen LogP contribution in [-0.4, -0.2) is 24.6 Å². The molecule has 0 heterocycles. The molecular formula is C16H16LiO. The summed E-state index contributed by atoms with van der Waals surface area (Å²) in [6.45, 7) is 6.02. The Balaban J connectivity index is 0.00000162. The summed E-state index contributed by atoms with van der Waals surface area (Å²) >= 11 is 0. The zero-order chi connectivity index (χ0) is 12.4. The van der Waals surface area contributed by atoms with Gasteiger partial charge < -0.3 is 0 Å². The summed E-state index contributed by atoms with van der Waals surface area (Å²) in [7, 11) is 0. The van der Waals surface area contributed by atoms with Crippen LogP contribution in [-0.2, 0) is 0 Å². The Morgan fingerprint density at radius 2 is 1.50 bits per heavy atom. The number of hydrogen-bond donors (Lipinski definition) is 0. The molecule has 2 rings (SSSR count). The van der Waals surface area contributed by atoms with Gasteiger partial charge in [0.1, 0.15) is 0 Å². The zero-order valence-corrected chi connectivity index (χ0v) is 10.4. The predicted octanol–water partition coefficient (Wildman–Crippen LogP) is 2.99. The first-order chi connectivity index (χ1) is 8.09. The summed E-state index contributed by atoms with van der Waals surface area (Å²) in [6.07, 6.45) is 0. The Hall–Kier alpha value is -1.29. The molecule has 87 valence electrons. The predicted molar refractivity (Wildman–Crippen MR) is 76.5 cm³/mol. The molecule has 0 fully saturated rings. The summed E-state index contributed by atoms with van der Waals surface area (Å²) in [5, 5.41) is 0. The van der Waals surface area contributed by atoms with Crippen LogP contribution in [0.5, 0.6) is 0 Å². The molecule has 0 bridgehead atoms. The minimum absolute atomic E-state index is 0. The molecule has 0 unspecified atom stereocenters. The SMILES string of the molecule is Cc1cc(C)c(C(=O)c2cc[c]cc2)c(C)c1.[LiH]. The van der Waals surface area contributed by atoms with Crippen molar-refractivity contribution in [2.75, 3.05) is 0 Å². The van der Waals surface area contributed by atoms with Gasteiger partial charge in [-0.05, 0) is 38.0 Å². The molecule has 0 saturated carbocycles. The Morgan fingerprint density at radius 1 is 1.00 bits per heavy atom. The second kappa shape index (κ2) is 6.05. The molecule has 0 saturated heterocycles.